The van der Waals surface area contributed by atoms with Gasteiger partial charge in [-0.05, 0) is 24.3 Å². The van der Waals surface area contributed by atoms with E-state index in [4.69, 9.17) is 4.74 Å². The lowest BCUT2D eigenvalue weighted by molar-refractivity contribution is 0.0772. The van der Waals surface area contributed by atoms with Gasteiger partial charge in [-0.25, -0.2) is 4.39 Å². The second-order valence-electron chi connectivity index (χ2n) is 4.25. The summed E-state index contributed by atoms with van der Waals surface area (Å²) in [5.74, 6) is -0.362. The van der Waals surface area contributed by atoms with Crippen LogP contribution in [0.1, 0.15) is 10.4 Å². The fourth-order valence-electron chi connectivity index (χ4n) is 1.67. The Morgan fingerprint density at radius 1 is 1.30 bits per heavy atom. The van der Waals surface area contributed by atoms with Gasteiger partial charge in [0, 0.05) is 19.4 Å². The van der Waals surface area contributed by atoms with Gasteiger partial charge >= 0.3 is 0 Å². The van der Waals surface area contributed by atoms with Gasteiger partial charge in [0.15, 0.2) is 11.6 Å². The lowest BCUT2D eigenvalue weighted by Gasteiger charge is -2.17. The maximum absolute atomic E-state index is 13.3. The van der Waals surface area contributed by atoms with Crippen LogP contribution in [0.2, 0.25) is 0 Å². The number of rotatable bonds is 5. The summed E-state index contributed by atoms with van der Waals surface area (Å²) in [5, 5.41) is 0. The Morgan fingerprint density at radius 2 is 2.10 bits per heavy atom. The Balaban J connectivity index is 1.85. The topological polar surface area (TPSA) is 42.4 Å². The molecule has 0 saturated heterocycles. The van der Waals surface area contributed by atoms with Crippen molar-refractivity contribution in [3.8, 4) is 5.75 Å². The second kappa shape index (κ2) is 6.65. The molecule has 0 N–H and O–H groups in total. The molecule has 5 heteroatoms. The van der Waals surface area contributed by atoms with Gasteiger partial charge in [0.05, 0.1) is 12.1 Å². The van der Waals surface area contributed by atoms with E-state index < -0.39 is 5.82 Å². The fraction of sp³-hybridized carbons (Fsp3) is 0.200. The highest BCUT2D eigenvalue weighted by atomic mass is 19.1. The molecule has 1 amide bonds. The summed E-state index contributed by atoms with van der Waals surface area (Å²) in [6.45, 7) is 0.589. The average Bonchev–Trinajstić information content (AvgIpc) is 2.49. The molecule has 0 bridgehead atoms. The first-order valence-corrected chi connectivity index (χ1v) is 6.21. The maximum Gasteiger partial charge on any atom is 0.255 e. The van der Waals surface area contributed by atoms with E-state index in [9.17, 15) is 9.18 Å². The number of ether oxygens (including phenoxy) is 1. The molecular weight excluding hydrogens is 259 g/mol. The van der Waals surface area contributed by atoms with Crippen molar-refractivity contribution < 1.29 is 13.9 Å². The quantitative estimate of drug-likeness (QED) is 0.840. The van der Waals surface area contributed by atoms with Crippen molar-refractivity contribution in [2.45, 2.75) is 0 Å². The van der Waals surface area contributed by atoms with Crippen molar-refractivity contribution in [1.29, 1.82) is 0 Å². The van der Waals surface area contributed by atoms with Crippen molar-refractivity contribution in [3.63, 3.8) is 0 Å². The van der Waals surface area contributed by atoms with E-state index in [0.29, 0.717) is 12.1 Å². The summed E-state index contributed by atoms with van der Waals surface area (Å²) in [6.07, 6.45) is 3.12. The van der Waals surface area contributed by atoms with E-state index in [1.165, 1.54) is 17.2 Å². The summed E-state index contributed by atoms with van der Waals surface area (Å²) in [7, 11) is 1.67. The monoisotopic (exact) mass is 274 g/mol. The molecule has 2 rings (SSSR count). The van der Waals surface area contributed by atoms with Crippen LogP contribution >= 0.6 is 0 Å². The number of hydrogen-bond donors (Lipinski definition) is 0. The molecule has 1 aromatic carbocycles. The molecule has 0 aliphatic carbocycles. The number of para-hydroxylation sites is 1. The Labute approximate surface area is 116 Å². The molecule has 0 unspecified atom stereocenters. The molecule has 104 valence electrons. The Morgan fingerprint density at radius 3 is 2.80 bits per heavy atom. The number of halogens is 1. The molecule has 1 aromatic heterocycles. The highest BCUT2D eigenvalue weighted by Crippen LogP contribution is 2.15. The van der Waals surface area contributed by atoms with Crippen molar-refractivity contribution in [1.82, 2.24) is 9.88 Å². The van der Waals surface area contributed by atoms with E-state index in [1.807, 2.05) is 0 Å². The van der Waals surface area contributed by atoms with Crippen molar-refractivity contribution in [3.05, 3.63) is 60.2 Å². The van der Waals surface area contributed by atoms with Crippen molar-refractivity contribution in [2.24, 2.45) is 0 Å². The molecule has 0 aliphatic rings. The highest BCUT2D eigenvalue weighted by molar-refractivity contribution is 5.93. The van der Waals surface area contributed by atoms with E-state index >= 15 is 0 Å². The smallest absolute Gasteiger partial charge is 0.255 e. The molecule has 0 fully saturated rings. The fourth-order valence-corrected chi connectivity index (χ4v) is 1.67. The van der Waals surface area contributed by atoms with Crippen LogP contribution in [0.3, 0.4) is 0 Å². The number of carbonyl (C=O) groups is 1. The molecule has 1 heterocycles. The van der Waals surface area contributed by atoms with Gasteiger partial charge in [0.1, 0.15) is 6.61 Å². The van der Waals surface area contributed by atoms with Crippen molar-refractivity contribution in [2.75, 3.05) is 20.2 Å². The Bertz CT molecular complexity index is 575. The standard InChI is InChI=1S/C15H15FN2O2/c1-18(15(19)12-5-4-8-17-11-12)9-10-20-14-7-3-2-6-13(14)16/h2-8,11H,9-10H2,1H3. The summed E-state index contributed by atoms with van der Waals surface area (Å²) in [6, 6.07) is 9.59. The van der Waals surface area contributed by atoms with Gasteiger partial charge < -0.3 is 9.64 Å². The summed E-state index contributed by atoms with van der Waals surface area (Å²) >= 11 is 0. The van der Waals surface area contributed by atoms with Gasteiger partial charge in [0.25, 0.3) is 5.91 Å². The van der Waals surface area contributed by atoms with E-state index in [1.54, 1.807) is 43.6 Å². The van der Waals surface area contributed by atoms with Crippen LogP contribution < -0.4 is 4.74 Å². The summed E-state index contributed by atoms with van der Waals surface area (Å²) in [5.41, 5.74) is 0.515. The van der Waals surface area contributed by atoms with E-state index in [2.05, 4.69) is 4.98 Å². The lowest BCUT2D eigenvalue weighted by Crippen LogP contribution is -2.31. The Hall–Kier alpha value is -2.43. The predicted octanol–water partition coefficient (Wildman–Crippen LogP) is 2.37. The molecule has 4 nitrogen and oxygen atoms in total. The van der Waals surface area contributed by atoms with Crippen molar-refractivity contribution >= 4 is 5.91 Å². The van der Waals surface area contributed by atoms with Crippen LogP contribution in [0.25, 0.3) is 0 Å². The number of nitrogens with zero attached hydrogens (tertiary/aromatic N) is 2. The molecule has 2 aromatic rings. The minimum absolute atomic E-state index is 0.143. The molecule has 0 radical (unpaired) electrons. The molecule has 0 spiro atoms. The first-order valence-electron chi connectivity index (χ1n) is 6.21. The molecule has 0 saturated carbocycles. The van der Waals surface area contributed by atoms with Gasteiger partial charge in [-0.2, -0.15) is 0 Å². The zero-order valence-corrected chi connectivity index (χ0v) is 11.1. The first-order chi connectivity index (χ1) is 9.68. The number of hydrogen-bond acceptors (Lipinski definition) is 3. The van der Waals surface area contributed by atoms with Crippen LogP contribution in [0.4, 0.5) is 4.39 Å². The maximum atomic E-state index is 13.3. The summed E-state index contributed by atoms with van der Waals surface area (Å²) < 4.78 is 18.6. The van der Waals surface area contributed by atoms with Crippen LogP contribution in [0, 0.1) is 5.82 Å². The molecule has 0 atom stereocenters. The van der Waals surface area contributed by atoms with E-state index in [-0.39, 0.29) is 18.3 Å². The van der Waals surface area contributed by atoms with Gasteiger partial charge in [0.2, 0.25) is 0 Å². The lowest BCUT2D eigenvalue weighted by atomic mass is 10.2. The minimum Gasteiger partial charge on any atom is -0.489 e. The number of benzene rings is 1. The zero-order chi connectivity index (χ0) is 14.4. The van der Waals surface area contributed by atoms with E-state index in [0.717, 1.165) is 0 Å². The minimum atomic E-state index is -0.409. The van der Waals surface area contributed by atoms with Gasteiger partial charge in [-0.3, -0.25) is 9.78 Å². The van der Waals surface area contributed by atoms with Crippen LogP contribution in [-0.2, 0) is 0 Å². The molecule has 20 heavy (non-hydrogen) atoms. The average molecular weight is 274 g/mol. The van der Waals surface area contributed by atoms with Gasteiger partial charge in [-0.1, -0.05) is 12.1 Å². The highest BCUT2D eigenvalue weighted by Gasteiger charge is 2.11. The van der Waals surface area contributed by atoms with Crippen LogP contribution in [0.15, 0.2) is 48.8 Å². The Kier molecular flexibility index (Phi) is 4.65. The number of amides is 1. The summed E-state index contributed by atoms with van der Waals surface area (Å²) in [4.78, 5) is 17.4. The second-order valence-corrected chi connectivity index (χ2v) is 4.25. The third kappa shape index (κ3) is 3.54. The largest absolute Gasteiger partial charge is 0.489 e. The number of pyridine rings is 1. The van der Waals surface area contributed by atoms with Crippen LogP contribution in [0.5, 0.6) is 5.75 Å². The van der Waals surface area contributed by atoms with Crippen LogP contribution in [-0.4, -0.2) is 36.0 Å². The SMILES string of the molecule is CN(CCOc1ccccc1F)C(=O)c1cccnc1. The molecule has 0 aliphatic heterocycles. The zero-order valence-electron chi connectivity index (χ0n) is 11.1. The third-order valence-corrected chi connectivity index (χ3v) is 2.78. The number of aromatic nitrogens is 1. The number of likely N-dealkylation sites (N-methyl/N-ethyl adjacent to an activating group) is 1. The normalized spacial score (nSPS) is 10.1. The number of carbonyl (C=O) groups excluding carboxylic acids is 1. The predicted molar refractivity (Wildman–Crippen MR) is 73.1 cm³/mol. The molecular formula is C15H15FN2O2. The first kappa shape index (κ1) is 14.0. The third-order valence-electron chi connectivity index (χ3n) is 2.78. The van der Waals surface area contributed by atoms with Gasteiger partial charge in [-0.15, -0.1) is 0 Å².